The number of carbonyl (C=O) groups is 2. The van der Waals surface area contributed by atoms with E-state index in [-0.39, 0.29) is 30.7 Å². The second-order valence-corrected chi connectivity index (χ2v) is 7.73. The highest BCUT2D eigenvalue weighted by molar-refractivity contribution is 5.99. The van der Waals surface area contributed by atoms with Crippen molar-refractivity contribution in [2.75, 3.05) is 13.2 Å². The molecule has 1 saturated heterocycles. The number of rotatable bonds is 7. The molecule has 0 spiro atoms. The molecule has 1 fully saturated rings. The van der Waals surface area contributed by atoms with Crippen LogP contribution in [0.15, 0.2) is 34.9 Å². The Morgan fingerprint density at radius 2 is 2.10 bits per heavy atom. The lowest BCUT2D eigenvalue weighted by Gasteiger charge is -2.14. The van der Waals surface area contributed by atoms with Crippen molar-refractivity contribution in [2.45, 2.75) is 45.8 Å². The maximum absolute atomic E-state index is 12.7. The van der Waals surface area contributed by atoms with Crippen LogP contribution in [0.1, 0.15) is 40.2 Å². The molecule has 0 radical (unpaired) electrons. The quantitative estimate of drug-likeness (QED) is 0.471. The topological polar surface area (TPSA) is 90.9 Å². The van der Waals surface area contributed by atoms with Crippen LogP contribution in [-0.4, -0.2) is 40.7 Å². The van der Waals surface area contributed by atoms with Crippen LogP contribution in [0.5, 0.6) is 5.75 Å². The lowest BCUT2D eigenvalue weighted by atomic mass is 10.1. The van der Waals surface area contributed by atoms with E-state index in [1.165, 1.54) is 18.4 Å². The Balaban J connectivity index is 1.37. The number of phenolic OH excluding ortho intramolecular Hbond substituents is 1. The number of hydrogen-bond donors (Lipinski definition) is 1. The Bertz CT molecular complexity index is 1090. The second kappa shape index (κ2) is 8.36. The summed E-state index contributed by atoms with van der Waals surface area (Å²) in [5.41, 5.74) is 3.57. The second-order valence-electron chi connectivity index (χ2n) is 7.73. The van der Waals surface area contributed by atoms with Gasteiger partial charge in [0.1, 0.15) is 11.3 Å². The number of fused-ring (bicyclic) bond motifs is 1. The minimum atomic E-state index is -0.507. The Morgan fingerprint density at radius 3 is 2.87 bits per heavy atom. The number of esters is 1. The van der Waals surface area contributed by atoms with Crippen molar-refractivity contribution in [1.29, 1.82) is 0 Å². The zero-order valence-electron chi connectivity index (χ0n) is 17.1. The predicted octanol–water partition coefficient (Wildman–Crippen LogP) is 3.70. The largest absolute Gasteiger partial charge is 0.508 e. The predicted molar refractivity (Wildman–Crippen MR) is 110 cm³/mol. The molecule has 7 nitrogen and oxygen atoms in total. The number of aryl methyl sites for hydroxylation is 1. The number of nitrogens with zero attached hydrogens (tertiary/aromatic N) is 1. The van der Waals surface area contributed by atoms with E-state index in [1.807, 2.05) is 19.9 Å². The van der Waals surface area contributed by atoms with Crippen molar-refractivity contribution in [1.82, 2.24) is 4.57 Å². The molecule has 0 unspecified atom stereocenters. The van der Waals surface area contributed by atoms with Crippen molar-refractivity contribution in [3.05, 3.63) is 53.0 Å². The SMILES string of the molecule is Cc1cc(C(=O)COC(=O)Cc2coc3cc(O)ccc23)c(C)n1C[C@H]1CCCO1. The summed E-state index contributed by atoms with van der Waals surface area (Å²) in [6.45, 7) is 5.09. The molecule has 7 heteroatoms. The van der Waals surface area contributed by atoms with Gasteiger partial charge in [0.15, 0.2) is 6.61 Å². The van der Waals surface area contributed by atoms with Gasteiger partial charge in [0.05, 0.1) is 18.8 Å². The lowest BCUT2D eigenvalue weighted by Crippen LogP contribution is -2.18. The van der Waals surface area contributed by atoms with E-state index in [1.54, 1.807) is 6.07 Å². The van der Waals surface area contributed by atoms with Gasteiger partial charge in [-0.05, 0) is 44.9 Å². The van der Waals surface area contributed by atoms with Crippen molar-refractivity contribution in [2.24, 2.45) is 0 Å². The number of benzene rings is 1. The molecule has 1 aliphatic heterocycles. The summed E-state index contributed by atoms with van der Waals surface area (Å²) in [6, 6.07) is 6.55. The molecule has 0 bridgehead atoms. The molecule has 3 heterocycles. The van der Waals surface area contributed by atoms with E-state index in [0.29, 0.717) is 16.7 Å². The molecule has 0 aliphatic carbocycles. The third-order valence-corrected chi connectivity index (χ3v) is 5.62. The molecule has 3 aromatic rings. The zero-order chi connectivity index (χ0) is 21.3. The van der Waals surface area contributed by atoms with Gasteiger partial charge in [-0.3, -0.25) is 9.59 Å². The fraction of sp³-hybridized carbons (Fsp3) is 0.391. The number of ketones is 1. The molecule has 1 aliphatic rings. The number of carbonyl (C=O) groups excluding carboxylic acids is 2. The van der Waals surface area contributed by atoms with Gasteiger partial charge < -0.3 is 23.6 Å². The fourth-order valence-corrected chi connectivity index (χ4v) is 4.00. The first-order chi connectivity index (χ1) is 14.4. The van der Waals surface area contributed by atoms with Gasteiger partial charge in [0.25, 0.3) is 0 Å². The summed E-state index contributed by atoms with van der Waals surface area (Å²) >= 11 is 0. The molecule has 0 saturated carbocycles. The van der Waals surface area contributed by atoms with E-state index < -0.39 is 5.97 Å². The summed E-state index contributed by atoms with van der Waals surface area (Å²) in [5.74, 6) is -0.641. The standard InChI is InChI=1S/C23H25NO6/c1-14-8-20(15(2)24(14)11-18-4-3-7-28-18)21(26)13-30-23(27)9-16-12-29-22-10-17(25)5-6-19(16)22/h5-6,8,10,12,18,25H,3-4,7,9,11,13H2,1-2H3/t18-/m1/s1. The number of hydrogen-bond acceptors (Lipinski definition) is 6. The summed E-state index contributed by atoms with van der Waals surface area (Å²) in [5, 5.41) is 10.2. The van der Waals surface area contributed by atoms with Crippen molar-refractivity contribution in [3.63, 3.8) is 0 Å². The minimum absolute atomic E-state index is 0.0108. The van der Waals surface area contributed by atoms with Gasteiger partial charge in [-0.2, -0.15) is 0 Å². The minimum Gasteiger partial charge on any atom is -0.508 e. The number of aromatic nitrogens is 1. The van der Waals surface area contributed by atoms with Gasteiger partial charge >= 0.3 is 5.97 Å². The molecule has 1 aromatic carbocycles. The lowest BCUT2D eigenvalue weighted by molar-refractivity contribution is -0.141. The third kappa shape index (κ3) is 4.11. The van der Waals surface area contributed by atoms with E-state index in [0.717, 1.165) is 42.8 Å². The van der Waals surface area contributed by atoms with Crippen LogP contribution in [0.4, 0.5) is 0 Å². The molecule has 30 heavy (non-hydrogen) atoms. The number of phenols is 1. The Labute approximate surface area is 174 Å². The molecule has 2 aromatic heterocycles. The highest BCUT2D eigenvalue weighted by Gasteiger charge is 2.22. The summed E-state index contributed by atoms with van der Waals surface area (Å²) in [7, 11) is 0. The molecule has 158 valence electrons. The van der Waals surface area contributed by atoms with Gasteiger partial charge in [0.2, 0.25) is 5.78 Å². The first kappa shape index (κ1) is 20.2. The first-order valence-corrected chi connectivity index (χ1v) is 10.1. The van der Waals surface area contributed by atoms with Crippen LogP contribution in [0, 0.1) is 13.8 Å². The van der Waals surface area contributed by atoms with Crippen LogP contribution < -0.4 is 0 Å². The molecule has 1 atom stereocenters. The Morgan fingerprint density at radius 1 is 1.27 bits per heavy atom. The van der Waals surface area contributed by atoms with Gasteiger partial charge in [-0.25, -0.2) is 0 Å². The van der Waals surface area contributed by atoms with Crippen molar-refractivity contribution < 1.29 is 28.6 Å². The highest BCUT2D eigenvalue weighted by atomic mass is 16.5. The van der Waals surface area contributed by atoms with E-state index >= 15 is 0 Å². The zero-order valence-corrected chi connectivity index (χ0v) is 17.1. The number of aromatic hydroxyl groups is 1. The monoisotopic (exact) mass is 411 g/mol. The Kier molecular flexibility index (Phi) is 5.63. The average Bonchev–Trinajstić information content (AvgIpc) is 3.43. The first-order valence-electron chi connectivity index (χ1n) is 10.1. The van der Waals surface area contributed by atoms with Crippen LogP contribution in [0.25, 0.3) is 11.0 Å². The molecular formula is C23H25NO6. The van der Waals surface area contributed by atoms with E-state index in [4.69, 9.17) is 13.9 Å². The van der Waals surface area contributed by atoms with Crippen LogP contribution in [0.3, 0.4) is 0 Å². The molecular weight excluding hydrogens is 386 g/mol. The van der Waals surface area contributed by atoms with Gasteiger partial charge in [-0.15, -0.1) is 0 Å². The van der Waals surface area contributed by atoms with Crippen molar-refractivity contribution in [3.8, 4) is 5.75 Å². The summed E-state index contributed by atoms with van der Waals surface area (Å²) < 4.78 is 18.4. The smallest absolute Gasteiger partial charge is 0.310 e. The highest BCUT2D eigenvalue weighted by Crippen LogP contribution is 2.25. The normalized spacial score (nSPS) is 16.3. The van der Waals surface area contributed by atoms with Crippen LogP contribution in [0.2, 0.25) is 0 Å². The maximum atomic E-state index is 12.7. The van der Waals surface area contributed by atoms with Crippen LogP contribution >= 0.6 is 0 Å². The van der Waals surface area contributed by atoms with E-state index in [9.17, 15) is 14.7 Å². The maximum Gasteiger partial charge on any atom is 0.310 e. The fourth-order valence-electron chi connectivity index (χ4n) is 4.00. The number of ether oxygens (including phenoxy) is 2. The Hall–Kier alpha value is -3.06. The van der Waals surface area contributed by atoms with Gasteiger partial charge in [-0.1, -0.05) is 0 Å². The summed E-state index contributed by atoms with van der Waals surface area (Å²) in [4.78, 5) is 24.9. The third-order valence-electron chi connectivity index (χ3n) is 5.62. The molecule has 1 N–H and O–H groups in total. The molecule has 0 amide bonds. The van der Waals surface area contributed by atoms with E-state index in [2.05, 4.69) is 4.57 Å². The number of furan rings is 1. The molecule has 4 rings (SSSR count). The summed E-state index contributed by atoms with van der Waals surface area (Å²) in [6.07, 6.45) is 3.73. The van der Waals surface area contributed by atoms with Crippen molar-refractivity contribution >= 4 is 22.7 Å². The average molecular weight is 411 g/mol. The van der Waals surface area contributed by atoms with Crippen LogP contribution in [-0.2, 0) is 27.2 Å². The number of Topliss-reactive ketones (excluding diaryl/α,β-unsaturated/α-hetero) is 1. The van der Waals surface area contributed by atoms with Gasteiger partial charge in [0, 0.05) is 47.1 Å².